The first-order valence-electron chi connectivity index (χ1n) is 4.67. The molecule has 0 aromatic carbocycles. The molecular formula is C8H9ClN6O2S. The molecule has 10 heteroatoms. The Balaban J connectivity index is 2.39. The molecule has 0 aliphatic heterocycles. The summed E-state index contributed by atoms with van der Waals surface area (Å²) in [5.41, 5.74) is 5.50. The largest absolute Gasteiger partial charge is 0.381 e. The molecule has 96 valence electrons. The molecule has 0 aliphatic carbocycles. The molecule has 0 fully saturated rings. The van der Waals surface area contributed by atoms with Gasteiger partial charge in [-0.25, -0.2) is 15.0 Å². The third-order valence-electron chi connectivity index (χ3n) is 2.04. The average Bonchev–Trinajstić information content (AvgIpc) is 2.58. The number of anilines is 2. The van der Waals surface area contributed by atoms with Gasteiger partial charge in [0.15, 0.2) is 10.8 Å². The number of aromatic nitrogens is 4. The highest BCUT2D eigenvalue weighted by Crippen LogP contribution is 2.19. The minimum atomic E-state index is -3.87. The second kappa shape index (κ2) is 4.42. The standard InChI is InChI=1S/C8H9ClN6O2S/c1-15-4-13-7(10)8(15)18(16,17)14-6-2-5(9)11-3-12-6/h2-4H,10H2,1H3,(H,11,12,14). The number of rotatable bonds is 3. The fourth-order valence-corrected chi connectivity index (χ4v) is 2.72. The normalized spacial score (nSPS) is 11.4. The molecule has 3 N–H and O–H groups in total. The first kappa shape index (κ1) is 12.6. The quantitative estimate of drug-likeness (QED) is 0.782. The molecular weight excluding hydrogens is 280 g/mol. The van der Waals surface area contributed by atoms with E-state index in [0.717, 1.165) is 6.33 Å². The Labute approximate surface area is 108 Å². The van der Waals surface area contributed by atoms with Gasteiger partial charge in [0.05, 0.1) is 6.33 Å². The summed E-state index contributed by atoms with van der Waals surface area (Å²) in [7, 11) is -2.35. The summed E-state index contributed by atoms with van der Waals surface area (Å²) in [5, 5.41) is -0.0158. The highest BCUT2D eigenvalue weighted by atomic mass is 35.5. The third kappa shape index (κ3) is 2.36. The Hall–Kier alpha value is -1.87. The Morgan fingerprint density at radius 2 is 2.11 bits per heavy atom. The molecule has 18 heavy (non-hydrogen) atoms. The average molecular weight is 289 g/mol. The van der Waals surface area contributed by atoms with Crippen LogP contribution in [0.15, 0.2) is 23.7 Å². The van der Waals surface area contributed by atoms with Gasteiger partial charge in [0, 0.05) is 13.1 Å². The molecule has 2 aromatic heterocycles. The maximum Gasteiger partial charge on any atom is 0.282 e. The molecule has 2 heterocycles. The summed E-state index contributed by atoms with van der Waals surface area (Å²) in [6.45, 7) is 0. The van der Waals surface area contributed by atoms with Crippen LogP contribution in [0.1, 0.15) is 0 Å². The van der Waals surface area contributed by atoms with Gasteiger partial charge < -0.3 is 10.3 Å². The summed E-state index contributed by atoms with van der Waals surface area (Å²) in [6.07, 6.45) is 2.45. The van der Waals surface area contributed by atoms with Crippen LogP contribution in [0.2, 0.25) is 5.15 Å². The minimum absolute atomic E-state index is 0.0515. The van der Waals surface area contributed by atoms with Gasteiger partial charge in [0.1, 0.15) is 17.3 Å². The number of hydrogen-bond donors (Lipinski definition) is 2. The van der Waals surface area contributed by atoms with Crippen molar-refractivity contribution in [3.05, 3.63) is 23.9 Å². The third-order valence-corrected chi connectivity index (χ3v) is 3.73. The van der Waals surface area contributed by atoms with Crippen LogP contribution in [0.4, 0.5) is 11.6 Å². The van der Waals surface area contributed by atoms with E-state index in [1.165, 1.54) is 24.0 Å². The van der Waals surface area contributed by atoms with Crippen molar-refractivity contribution >= 4 is 33.3 Å². The molecule has 0 saturated carbocycles. The van der Waals surface area contributed by atoms with E-state index in [9.17, 15) is 8.42 Å². The number of imidazole rings is 1. The van der Waals surface area contributed by atoms with Gasteiger partial charge in [-0.2, -0.15) is 8.42 Å². The molecule has 0 aliphatic rings. The zero-order chi connectivity index (χ0) is 13.3. The molecule has 0 radical (unpaired) electrons. The predicted molar refractivity (Wildman–Crippen MR) is 65.5 cm³/mol. The van der Waals surface area contributed by atoms with Crippen molar-refractivity contribution < 1.29 is 8.42 Å². The number of nitrogens with one attached hydrogen (secondary N) is 1. The van der Waals surface area contributed by atoms with Gasteiger partial charge in [-0.15, -0.1) is 0 Å². The fourth-order valence-electron chi connectivity index (χ4n) is 1.34. The van der Waals surface area contributed by atoms with Crippen molar-refractivity contribution in [2.24, 2.45) is 7.05 Å². The van der Waals surface area contributed by atoms with Crippen LogP contribution >= 0.6 is 11.6 Å². The van der Waals surface area contributed by atoms with Gasteiger partial charge in [0.25, 0.3) is 10.0 Å². The number of aryl methyl sites for hydroxylation is 1. The molecule has 2 aromatic rings. The first-order valence-corrected chi connectivity index (χ1v) is 6.53. The fraction of sp³-hybridized carbons (Fsp3) is 0.125. The van der Waals surface area contributed by atoms with E-state index in [4.69, 9.17) is 17.3 Å². The van der Waals surface area contributed by atoms with E-state index in [2.05, 4.69) is 19.7 Å². The summed E-state index contributed by atoms with van der Waals surface area (Å²) < 4.78 is 27.7. The van der Waals surface area contributed by atoms with Crippen LogP contribution < -0.4 is 10.5 Å². The lowest BCUT2D eigenvalue weighted by Crippen LogP contribution is -2.18. The van der Waals surface area contributed by atoms with E-state index < -0.39 is 10.0 Å². The molecule has 0 atom stereocenters. The van der Waals surface area contributed by atoms with E-state index in [1.54, 1.807) is 0 Å². The first-order chi connectivity index (χ1) is 8.40. The van der Waals surface area contributed by atoms with Crippen molar-refractivity contribution in [3.63, 3.8) is 0 Å². The summed E-state index contributed by atoms with van der Waals surface area (Å²) >= 11 is 5.63. The lowest BCUT2D eigenvalue weighted by molar-refractivity contribution is 0.591. The highest BCUT2D eigenvalue weighted by molar-refractivity contribution is 7.92. The molecule has 0 amide bonds. The number of nitrogens with two attached hydrogens (primary N) is 1. The second-order valence-corrected chi connectivity index (χ2v) is 5.36. The van der Waals surface area contributed by atoms with Crippen molar-refractivity contribution in [3.8, 4) is 0 Å². The Bertz CT molecular complexity index is 663. The number of sulfonamides is 1. The highest BCUT2D eigenvalue weighted by Gasteiger charge is 2.22. The Morgan fingerprint density at radius 1 is 1.39 bits per heavy atom. The van der Waals surface area contributed by atoms with Crippen LogP contribution in [0.3, 0.4) is 0 Å². The van der Waals surface area contributed by atoms with E-state index >= 15 is 0 Å². The maximum absolute atomic E-state index is 12.1. The number of nitrogen functional groups attached to an aromatic ring is 1. The second-order valence-electron chi connectivity index (χ2n) is 3.38. The molecule has 0 spiro atoms. The topological polar surface area (TPSA) is 116 Å². The van der Waals surface area contributed by atoms with Crippen LogP contribution in [-0.2, 0) is 17.1 Å². The summed E-state index contributed by atoms with van der Waals surface area (Å²) in [4.78, 5) is 11.1. The smallest absolute Gasteiger partial charge is 0.282 e. The van der Waals surface area contributed by atoms with E-state index in [-0.39, 0.29) is 21.8 Å². The number of hydrogen-bond acceptors (Lipinski definition) is 6. The molecule has 0 unspecified atom stereocenters. The van der Waals surface area contributed by atoms with Crippen LogP contribution in [0.5, 0.6) is 0 Å². The van der Waals surface area contributed by atoms with E-state index in [1.807, 2.05) is 0 Å². The molecule has 8 nitrogen and oxygen atoms in total. The number of halogens is 1. The van der Waals surface area contributed by atoms with Gasteiger partial charge in [-0.05, 0) is 0 Å². The van der Waals surface area contributed by atoms with Crippen LogP contribution in [0.25, 0.3) is 0 Å². The summed E-state index contributed by atoms with van der Waals surface area (Å²) in [6, 6.07) is 1.28. The van der Waals surface area contributed by atoms with Gasteiger partial charge >= 0.3 is 0 Å². The van der Waals surface area contributed by atoms with Crippen LogP contribution in [-0.4, -0.2) is 27.9 Å². The molecule has 0 saturated heterocycles. The monoisotopic (exact) mass is 288 g/mol. The number of nitrogens with zero attached hydrogens (tertiary/aromatic N) is 4. The molecule has 2 rings (SSSR count). The Kier molecular flexibility index (Phi) is 3.09. The zero-order valence-electron chi connectivity index (χ0n) is 9.20. The molecule has 0 bridgehead atoms. The van der Waals surface area contributed by atoms with Crippen molar-refractivity contribution in [1.29, 1.82) is 0 Å². The van der Waals surface area contributed by atoms with Crippen LogP contribution in [0, 0.1) is 0 Å². The minimum Gasteiger partial charge on any atom is -0.381 e. The lowest BCUT2D eigenvalue weighted by atomic mass is 10.6. The lowest BCUT2D eigenvalue weighted by Gasteiger charge is -2.07. The SMILES string of the molecule is Cn1cnc(N)c1S(=O)(=O)Nc1cc(Cl)ncn1. The van der Waals surface area contributed by atoms with E-state index in [0.29, 0.717) is 0 Å². The maximum atomic E-state index is 12.1. The summed E-state index contributed by atoms with van der Waals surface area (Å²) in [5.74, 6) is -0.0410. The van der Waals surface area contributed by atoms with Gasteiger partial charge in [-0.1, -0.05) is 11.6 Å². The van der Waals surface area contributed by atoms with Crippen molar-refractivity contribution in [2.45, 2.75) is 5.03 Å². The predicted octanol–water partition coefficient (Wildman–Crippen LogP) is 0.246. The zero-order valence-corrected chi connectivity index (χ0v) is 10.8. The van der Waals surface area contributed by atoms with Crippen molar-refractivity contribution in [2.75, 3.05) is 10.5 Å². The Morgan fingerprint density at radius 3 is 2.67 bits per heavy atom. The van der Waals surface area contributed by atoms with Gasteiger partial charge in [-0.3, -0.25) is 4.72 Å². The van der Waals surface area contributed by atoms with Crippen molar-refractivity contribution in [1.82, 2.24) is 19.5 Å². The van der Waals surface area contributed by atoms with Gasteiger partial charge in [0.2, 0.25) is 0 Å².